The molecule has 49 heavy (non-hydrogen) atoms. The first-order valence-corrected chi connectivity index (χ1v) is 17.5. The molecular weight excluding hydrogens is 652 g/mol. The van der Waals surface area contributed by atoms with Gasteiger partial charge in [-0.1, -0.05) is 37.1 Å². The number of aryl methyl sites for hydroxylation is 1. The third-order valence-electron chi connectivity index (χ3n) is 10.2. The number of H-pyrrole nitrogens is 1. The molecule has 1 spiro atoms. The first-order chi connectivity index (χ1) is 23.5. The van der Waals surface area contributed by atoms with Gasteiger partial charge in [0.2, 0.25) is 5.91 Å². The van der Waals surface area contributed by atoms with Crippen molar-refractivity contribution < 1.29 is 22.7 Å². The van der Waals surface area contributed by atoms with Gasteiger partial charge in [-0.05, 0) is 87.6 Å². The summed E-state index contributed by atoms with van der Waals surface area (Å²) in [5.41, 5.74) is 3.83. The van der Waals surface area contributed by atoms with E-state index in [2.05, 4.69) is 40.2 Å². The molecule has 1 N–H and O–H groups in total. The molecule has 9 nitrogen and oxygen atoms in total. The van der Waals surface area contributed by atoms with Crippen molar-refractivity contribution in [2.45, 2.75) is 49.2 Å². The van der Waals surface area contributed by atoms with Gasteiger partial charge in [0.15, 0.2) is 17.5 Å². The highest BCUT2D eigenvalue weighted by Gasteiger charge is 2.46. The Balaban J connectivity index is 1.38. The monoisotopic (exact) mass is 691 g/mol. The van der Waals surface area contributed by atoms with Gasteiger partial charge in [0, 0.05) is 53.2 Å². The molecule has 3 fully saturated rings. The van der Waals surface area contributed by atoms with Gasteiger partial charge in [0.05, 0.1) is 11.7 Å². The van der Waals surface area contributed by atoms with Gasteiger partial charge in [-0.2, -0.15) is 18.3 Å². The van der Waals surface area contributed by atoms with Crippen molar-refractivity contribution in [1.82, 2.24) is 30.0 Å². The first kappa shape index (κ1) is 33.4. The summed E-state index contributed by atoms with van der Waals surface area (Å²) in [6.45, 7) is 12.8. The van der Waals surface area contributed by atoms with Crippen LogP contribution in [-0.2, 0) is 4.79 Å². The van der Waals surface area contributed by atoms with E-state index in [0.717, 1.165) is 55.2 Å². The molecule has 2 aromatic carbocycles. The summed E-state index contributed by atoms with van der Waals surface area (Å²) >= 11 is 1.59. The highest BCUT2D eigenvalue weighted by Crippen LogP contribution is 2.48. The van der Waals surface area contributed by atoms with Gasteiger partial charge in [-0.3, -0.25) is 9.89 Å². The van der Waals surface area contributed by atoms with E-state index in [4.69, 9.17) is 14.7 Å². The minimum Gasteiger partial charge on any atom is -0.481 e. The van der Waals surface area contributed by atoms with Crippen LogP contribution in [0.1, 0.15) is 36.8 Å². The van der Waals surface area contributed by atoms with Crippen molar-refractivity contribution in [1.29, 1.82) is 0 Å². The van der Waals surface area contributed by atoms with Crippen LogP contribution in [0.2, 0.25) is 0 Å². The Bertz CT molecular complexity index is 1920. The third kappa shape index (κ3) is 6.50. The third-order valence-corrected chi connectivity index (χ3v) is 11.4. The largest absolute Gasteiger partial charge is 0.481 e. The van der Waals surface area contributed by atoms with Gasteiger partial charge in [0.1, 0.15) is 11.3 Å². The Hall–Kier alpha value is -4.10. The van der Waals surface area contributed by atoms with Gasteiger partial charge < -0.3 is 19.4 Å². The lowest BCUT2D eigenvalue weighted by atomic mass is 9.72. The summed E-state index contributed by atoms with van der Waals surface area (Å²) in [6, 6.07) is 5.76. The van der Waals surface area contributed by atoms with E-state index in [1.165, 1.54) is 6.08 Å². The zero-order valence-corrected chi connectivity index (χ0v) is 28.6. The van der Waals surface area contributed by atoms with Crippen molar-refractivity contribution in [2.24, 2.45) is 5.41 Å². The average Bonchev–Trinajstić information content (AvgIpc) is 3.55. The number of thioether (sulfide) groups is 1. The highest BCUT2D eigenvalue weighted by molar-refractivity contribution is 7.99. The van der Waals surface area contributed by atoms with Crippen molar-refractivity contribution in [3.8, 4) is 16.9 Å². The second kappa shape index (κ2) is 13.0. The first-order valence-electron chi connectivity index (χ1n) is 16.6. The van der Waals surface area contributed by atoms with Crippen molar-refractivity contribution in [2.75, 3.05) is 57.8 Å². The van der Waals surface area contributed by atoms with E-state index in [9.17, 15) is 18.0 Å². The molecule has 1 amide bonds. The number of nitrogens with zero attached hydrogens (tertiary/aromatic N) is 6. The van der Waals surface area contributed by atoms with E-state index < -0.39 is 12.8 Å². The molecule has 3 saturated heterocycles. The number of anilines is 1. The number of alkyl halides is 3. The molecule has 4 aromatic rings. The number of hydrogen-bond acceptors (Lipinski definition) is 8. The summed E-state index contributed by atoms with van der Waals surface area (Å²) in [4.78, 5) is 28.6. The predicted octanol–water partition coefficient (Wildman–Crippen LogP) is 6.87. The van der Waals surface area contributed by atoms with Crippen molar-refractivity contribution in [3.05, 3.63) is 54.8 Å². The number of fused-ring (bicyclic) bond motifs is 2. The van der Waals surface area contributed by atoms with Crippen LogP contribution in [0.3, 0.4) is 0 Å². The Morgan fingerprint density at radius 2 is 1.84 bits per heavy atom. The van der Waals surface area contributed by atoms with Gasteiger partial charge in [-0.15, -0.1) is 0 Å². The maximum Gasteiger partial charge on any atom is 0.422 e. The minimum absolute atomic E-state index is 0.0466. The number of carbonyl (C=O) groups is 1. The van der Waals surface area contributed by atoms with E-state index in [1.54, 1.807) is 24.0 Å². The number of hydrogen-bond donors (Lipinski definition) is 1. The second-order valence-electron chi connectivity index (χ2n) is 13.6. The Labute approximate surface area is 287 Å². The Kier molecular flexibility index (Phi) is 8.85. The summed E-state index contributed by atoms with van der Waals surface area (Å²) in [6.07, 6.45) is 3.78. The highest BCUT2D eigenvalue weighted by atomic mass is 32.2. The van der Waals surface area contributed by atoms with Crippen LogP contribution in [-0.4, -0.2) is 100 Å². The summed E-state index contributed by atoms with van der Waals surface area (Å²) < 4.78 is 47.5. The zero-order chi connectivity index (χ0) is 34.5. The quantitative estimate of drug-likeness (QED) is 0.158. The van der Waals surface area contributed by atoms with Gasteiger partial charge >= 0.3 is 6.18 Å². The molecule has 0 saturated carbocycles. The number of piperidine rings is 2. The number of carbonyl (C=O) groups excluding carboxylic acids is 1. The molecule has 5 heterocycles. The molecule has 0 bridgehead atoms. The molecule has 258 valence electrons. The molecule has 0 atom stereocenters. The molecular formula is C36H40F3N7O2S. The number of halogens is 3. The van der Waals surface area contributed by atoms with Crippen molar-refractivity contribution >= 4 is 51.4 Å². The smallest absolute Gasteiger partial charge is 0.422 e. The molecule has 3 aliphatic rings. The Morgan fingerprint density at radius 1 is 1.10 bits per heavy atom. The number of benzene rings is 2. The molecule has 7 rings (SSSR count). The molecule has 3 aliphatic heterocycles. The van der Waals surface area contributed by atoms with Gasteiger partial charge in [0.25, 0.3) is 0 Å². The van der Waals surface area contributed by atoms with E-state index in [-0.39, 0.29) is 22.3 Å². The number of nitrogens with one attached hydrogen (secondary N) is 1. The number of amides is 1. The van der Waals surface area contributed by atoms with Gasteiger partial charge in [-0.25, -0.2) is 9.97 Å². The number of aromatic nitrogens is 4. The maximum atomic E-state index is 13.9. The van der Waals surface area contributed by atoms with Crippen LogP contribution >= 0.6 is 11.8 Å². The molecule has 2 aromatic heterocycles. The molecule has 13 heteroatoms. The predicted molar refractivity (Wildman–Crippen MR) is 188 cm³/mol. The molecule has 0 unspecified atom stereocenters. The fourth-order valence-corrected chi connectivity index (χ4v) is 8.52. The molecule has 0 radical (unpaired) electrons. The lowest BCUT2D eigenvalue weighted by Crippen LogP contribution is -2.61. The van der Waals surface area contributed by atoms with E-state index in [0.29, 0.717) is 64.7 Å². The van der Waals surface area contributed by atoms with Crippen LogP contribution in [0.25, 0.3) is 39.0 Å². The van der Waals surface area contributed by atoms with Crippen LogP contribution in [0.4, 0.5) is 19.0 Å². The Morgan fingerprint density at radius 3 is 2.51 bits per heavy atom. The minimum atomic E-state index is -4.57. The van der Waals surface area contributed by atoms with Crippen molar-refractivity contribution in [3.63, 3.8) is 0 Å². The summed E-state index contributed by atoms with van der Waals surface area (Å²) in [5, 5.41) is 9.40. The number of aromatic amines is 1. The normalized spacial score (nSPS) is 18.6. The lowest BCUT2D eigenvalue weighted by Gasteiger charge is -2.54. The zero-order valence-electron chi connectivity index (χ0n) is 27.8. The number of rotatable bonds is 8. The standard InChI is InChI=1S/C36H40F3N7O2S/c1-5-23-17-25-31(32(48-21-36(37,38)39)30(23)29-22(3)7-8-27-26(29)18-40-43-27)41-34(49-24-9-13-44(4)14-10-24)42-33(25)45-15-11-35(12-16-45)19-46(20-35)28(47)6-2/h5-8,17-18,24H,1-2,9-16,19-21H2,3-4H3,(H,40,43). The molecule has 0 aliphatic carbocycles. The van der Waals surface area contributed by atoms with Crippen LogP contribution in [0.5, 0.6) is 5.75 Å². The SMILES string of the molecule is C=CC(=O)N1CC2(CCN(c3nc(SC4CCN(C)CC4)nc4c(OCC(F)(F)F)c(-c5c(C)ccc6[nH]ncc56)c(C=C)cc34)CC2)C1. The fourth-order valence-electron chi connectivity index (χ4n) is 7.50. The fraction of sp³-hybridized carbons (Fsp3) is 0.444. The summed E-state index contributed by atoms with van der Waals surface area (Å²) in [5.74, 6) is 0.686. The van der Waals surface area contributed by atoms with E-state index >= 15 is 0 Å². The van der Waals surface area contributed by atoms with Crippen LogP contribution in [0, 0.1) is 12.3 Å². The van der Waals surface area contributed by atoms with Crippen LogP contribution < -0.4 is 9.64 Å². The second-order valence-corrected chi connectivity index (χ2v) is 14.9. The number of ether oxygens (including phenoxy) is 1. The van der Waals surface area contributed by atoms with Crippen LogP contribution in [0.15, 0.2) is 48.8 Å². The maximum absolute atomic E-state index is 13.9. The lowest BCUT2D eigenvalue weighted by molar-refractivity contribution is -0.153. The number of likely N-dealkylation sites (tertiary alicyclic amines) is 2. The topological polar surface area (TPSA) is 90.5 Å². The van der Waals surface area contributed by atoms with E-state index in [1.807, 2.05) is 30.0 Å². The average molecular weight is 692 g/mol. The summed E-state index contributed by atoms with van der Waals surface area (Å²) in [7, 11) is 2.11.